The van der Waals surface area contributed by atoms with E-state index < -0.39 is 0 Å². The SMILES string of the molecule is CCNC(=NCCCCCOC)NCCc1ccc(Cl)nc1. The Labute approximate surface area is 138 Å². The van der Waals surface area contributed by atoms with E-state index in [1.807, 2.05) is 18.3 Å². The van der Waals surface area contributed by atoms with Crippen LogP contribution in [0.25, 0.3) is 0 Å². The molecule has 0 aliphatic carbocycles. The van der Waals surface area contributed by atoms with Crippen LogP contribution < -0.4 is 10.6 Å². The van der Waals surface area contributed by atoms with Gasteiger partial charge in [-0.3, -0.25) is 4.99 Å². The molecule has 1 heterocycles. The maximum atomic E-state index is 5.78. The second kappa shape index (κ2) is 12.2. The third kappa shape index (κ3) is 8.85. The fraction of sp³-hybridized carbons (Fsp3) is 0.625. The fourth-order valence-electron chi connectivity index (χ4n) is 1.95. The van der Waals surface area contributed by atoms with Crippen LogP contribution in [0.3, 0.4) is 0 Å². The molecule has 22 heavy (non-hydrogen) atoms. The van der Waals surface area contributed by atoms with Gasteiger partial charge in [-0.15, -0.1) is 0 Å². The number of hydrogen-bond acceptors (Lipinski definition) is 3. The summed E-state index contributed by atoms with van der Waals surface area (Å²) in [6, 6.07) is 3.81. The number of rotatable bonds is 10. The Morgan fingerprint density at radius 2 is 2.14 bits per heavy atom. The van der Waals surface area contributed by atoms with E-state index in [2.05, 4.69) is 27.5 Å². The lowest BCUT2D eigenvalue weighted by Crippen LogP contribution is -2.38. The molecular formula is C16H27ClN4O. The van der Waals surface area contributed by atoms with Crippen LogP contribution in [0.1, 0.15) is 31.7 Å². The predicted molar refractivity (Wildman–Crippen MR) is 92.7 cm³/mol. The summed E-state index contributed by atoms with van der Waals surface area (Å²) in [6.07, 6.45) is 6.03. The Morgan fingerprint density at radius 1 is 1.27 bits per heavy atom. The molecule has 0 saturated carbocycles. The van der Waals surface area contributed by atoms with Gasteiger partial charge in [0.1, 0.15) is 5.15 Å². The van der Waals surface area contributed by atoms with Gasteiger partial charge in [0.2, 0.25) is 0 Å². The van der Waals surface area contributed by atoms with Gasteiger partial charge in [-0.2, -0.15) is 0 Å². The van der Waals surface area contributed by atoms with Crippen LogP contribution in [-0.4, -0.2) is 44.3 Å². The molecule has 0 spiro atoms. The smallest absolute Gasteiger partial charge is 0.191 e. The van der Waals surface area contributed by atoms with Crippen molar-refractivity contribution in [3.8, 4) is 0 Å². The summed E-state index contributed by atoms with van der Waals surface area (Å²) >= 11 is 5.78. The van der Waals surface area contributed by atoms with Crippen LogP contribution in [0.5, 0.6) is 0 Å². The number of aliphatic imine (C=N–C) groups is 1. The summed E-state index contributed by atoms with van der Waals surface area (Å²) in [6.45, 7) is 5.41. The summed E-state index contributed by atoms with van der Waals surface area (Å²) in [5.74, 6) is 0.871. The molecule has 0 saturated heterocycles. The van der Waals surface area contributed by atoms with Crippen LogP contribution >= 0.6 is 11.6 Å². The quantitative estimate of drug-likeness (QED) is 0.300. The van der Waals surface area contributed by atoms with E-state index in [1.165, 1.54) is 0 Å². The largest absolute Gasteiger partial charge is 0.385 e. The first-order valence-corrected chi connectivity index (χ1v) is 8.25. The molecule has 2 N–H and O–H groups in total. The highest BCUT2D eigenvalue weighted by atomic mass is 35.5. The standard InChI is InChI=1S/C16H27ClN4O/c1-3-18-16(19-10-5-4-6-12-22-2)20-11-9-14-7-8-15(17)21-13-14/h7-8,13H,3-6,9-12H2,1-2H3,(H2,18,19,20). The Kier molecular flexibility index (Phi) is 10.4. The minimum absolute atomic E-state index is 0.528. The number of guanidine groups is 1. The molecule has 0 amide bonds. The maximum Gasteiger partial charge on any atom is 0.191 e. The molecule has 0 bridgehead atoms. The van der Waals surface area contributed by atoms with Gasteiger partial charge in [0.15, 0.2) is 5.96 Å². The zero-order valence-electron chi connectivity index (χ0n) is 13.6. The van der Waals surface area contributed by atoms with Crippen molar-refractivity contribution in [2.45, 2.75) is 32.6 Å². The van der Waals surface area contributed by atoms with E-state index in [4.69, 9.17) is 16.3 Å². The normalized spacial score (nSPS) is 11.5. The first-order chi connectivity index (χ1) is 10.8. The van der Waals surface area contributed by atoms with Crippen molar-refractivity contribution in [2.24, 2.45) is 4.99 Å². The van der Waals surface area contributed by atoms with Crippen LogP contribution in [0.15, 0.2) is 23.3 Å². The fourth-order valence-corrected chi connectivity index (χ4v) is 2.06. The van der Waals surface area contributed by atoms with Gasteiger partial charge < -0.3 is 15.4 Å². The van der Waals surface area contributed by atoms with Crippen molar-refractivity contribution >= 4 is 17.6 Å². The molecule has 5 nitrogen and oxygen atoms in total. The lowest BCUT2D eigenvalue weighted by atomic mass is 10.2. The number of nitrogens with one attached hydrogen (secondary N) is 2. The average Bonchev–Trinajstić information content (AvgIpc) is 2.52. The Morgan fingerprint density at radius 3 is 2.82 bits per heavy atom. The van der Waals surface area contributed by atoms with Crippen LogP contribution in [0, 0.1) is 0 Å². The van der Waals surface area contributed by atoms with Gasteiger partial charge in [-0.25, -0.2) is 4.98 Å². The monoisotopic (exact) mass is 326 g/mol. The number of methoxy groups -OCH3 is 1. The van der Waals surface area contributed by atoms with Crippen LogP contribution in [-0.2, 0) is 11.2 Å². The molecule has 0 aliphatic heterocycles. The number of aromatic nitrogens is 1. The molecule has 0 aliphatic rings. The van der Waals surface area contributed by atoms with Gasteiger partial charge in [-0.1, -0.05) is 17.7 Å². The van der Waals surface area contributed by atoms with Gasteiger partial charge in [0.05, 0.1) is 0 Å². The van der Waals surface area contributed by atoms with Gasteiger partial charge >= 0.3 is 0 Å². The highest BCUT2D eigenvalue weighted by molar-refractivity contribution is 6.29. The van der Waals surface area contributed by atoms with E-state index >= 15 is 0 Å². The first kappa shape index (κ1) is 18.7. The van der Waals surface area contributed by atoms with Crippen molar-refractivity contribution in [1.29, 1.82) is 0 Å². The van der Waals surface area contributed by atoms with Crippen molar-refractivity contribution in [3.05, 3.63) is 29.0 Å². The predicted octanol–water partition coefficient (Wildman–Crippen LogP) is 2.65. The molecule has 1 aromatic heterocycles. The van der Waals surface area contributed by atoms with E-state index in [-0.39, 0.29) is 0 Å². The third-order valence-corrected chi connectivity index (χ3v) is 3.34. The summed E-state index contributed by atoms with van der Waals surface area (Å²) in [5.41, 5.74) is 1.16. The zero-order chi connectivity index (χ0) is 16.0. The summed E-state index contributed by atoms with van der Waals surface area (Å²) in [4.78, 5) is 8.65. The molecule has 0 atom stereocenters. The second-order valence-corrected chi connectivity index (χ2v) is 5.37. The lowest BCUT2D eigenvalue weighted by molar-refractivity contribution is 0.192. The minimum atomic E-state index is 0.528. The summed E-state index contributed by atoms with van der Waals surface area (Å²) in [5, 5.41) is 7.12. The molecule has 1 aromatic rings. The third-order valence-electron chi connectivity index (χ3n) is 3.12. The number of nitrogens with zero attached hydrogens (tertiary/aromatic N) is 2. The van der Waals surface area contributed by atoms with Crippen molar-refractivity contribution in [1.82, 2.24) is 15.6 Å². The molecule has 0 fully saturated rings. The highest BCUT2D eigenvalue weighted by Crippen LogP contribution is 2.05. The van der Waals surface area contributed by atoms with E-state index in [9.17, 15) is 0 Å². The zero-order valence-corrected chi connectivity index (χ0v) is 14.3. The van der Waals surface area contributed by atoms with Crippen molar-refractivity contribution < 1.29 is 4.74 Å². The second-order valence-electron chi connectivity index (χ2n) is 4.98. The number of hydrogen-bond donors (Lipinski definition) is 2. The van der Waals surface area contributed by atoms with Crippen LogP contribution in [0.2, 0.25) is 5.15 Å². The lowest BCUT2D eigenvalue weighted by Gasteiger charge is -2.11. The van der Waals surface area contributed by atoms with E-state index in [1.54, 1.807) is 7.11 Å². The maximum absolute atomic E-state index is 5.78. The van der Waals surface area contributed by atoms with Crippen molar-refractivity contribution in [2.75, 3.05) is 33.4 Å². The van der Waals surface area contributed by atoms with E-state index in [0.717, 1.165) is 63.4 Å². The van der Waals surface area contributed by atoms with Gasteiger partial charge in [0, 0.05) is 39.5 Å². The van der Waals surface area contributed by atoms with Gasteiger partial charge in [0.25, 0.3) is 0 Å². The first-order valence-electron chi connectivity index (χ1n) is 7.87. The summed E-state index contributed by atoms with van der Waals surface area (Å²) < 4.78 is 5.04. The minimum Gasteiger partial charge on any atom is -0.385 e. The molecule has 0 aromatic carbocycles. The number of halogens is 1. The van der Waals surface area contributed by atoms with E-state index in [0.29, 0.717) is 5.15 Å². The topological polar surface area (TPSA) is 58.5 Å². The highest BCUT2D eigenvalue weighted by Gasteiger charge is 1.98. The van der Waals surface area contributed by atoms with Gasteiger partial charge in [-0.05, 0) is 44.2 Å². The molecular weight excluding hydrogens is 300 g/mol. The van der Waals surface area contributed by atoms with Crippen molar-refractivity contribution in [3.63, 3.8) is 0 Å². The number of pyridine rings is 1. The molecule has 0 radical (unpaired) electrons. The van der Waals surface area contributed by atoms with Crippen LogP contribution in [0.4, 0.5) is 0 Å². The molecule has 124 valence electrons. The molecule has 6 heteroatoms. The Balaban J connectivity index is 2.25. The number of unbranched alkanes of at least 4 members (excludes halogenated alkanes) is 2. The molecule has 1 rings (SSSR count). The summed E-state index contributed by atoms with van der Waals surface area (Å²) in [7, 11) is 1.74. The number of ether oxygens (including phenoxy) is 1. The molecule has 0 unspecified atom stereocenters. The average molecular weight is 327 g/mol. The Bertz CT molecular complexity index is 423. The Hall–Kier alpha value is -1.33.